The van der Waals surface area contributed by atoms with Crippen molar-refractivity contribution in [1.82, 2.24) is 4.90 Å². The molecule has 1 aliphatic heterocycles. The summed E-state index contributed by atoms with van der Waals surface area (Å²) in [7, 11) is 0. The lowest BCUT2D eigenvalue weighted by Gasteiger charge is -2.18. The van der Waals surface area contributed by atoms with Crippen molar-refractivity contribution in [2.24, 2.45) is 5.73 Å². The highest BCUT2D eigenvalue weighted by molar-refractivity contribution is 5.96. The minimum Gasteiger partial charge on any atom is -0.368 e. The average molecular weight is 261 g/mol. The van der Waals surface area contributed by atoms with Crippen LogP contribution in [0.4, 0.5) is 10.5 Å². The zero-order valence-corrected chi connectivity index (χ0v) is 11.3. The SMILES string of the molecule is CC(C)c1ccc(N2CCN(CC(N)=O)C2=O)cc1. The molecular formula is C14H19N3O2. The van der Waals surface area contributed by atoms with Gasteiger partial charge < -0.3 is 10.6 Å². The average Bonchev–Trinajstić information content (AvgIpc) is 2.70. The number of hydrogen-bond acceptors (Lipinski definition) is 2. The number of primary amides is 1. The van der Waals surface area contributed by atoms with Gasteiger partial charge in [-0.1, -0.05) is 26.0 Å². The van der Waals surface area contributed by atoms with Gasteiger partial charge in [-0.2, -0.15) is 0 Å². The van der Waals surface area contributed by atoms with Crippen LogP contribution in [0.3, 0.4) is 0 Å². The lowest BCUT2D eigenvalue weighted by molar-refractivity contribution is -0.118. The van der Waals surface area contributed by atoms with Gasteiger partial charge in [0, 0.05) is 18.8 Å². The first-order valence-corrected chi connectivity index (χ1v) is 6.43. The number of rotatable bonds is 4. The number of carbonyl (C=O) groups excluding carboxylic acids is 2. The van der Waals surface area contributed by atoms with Crippen LogP contribution in [0.25, 0.3) is 0 Å². The maximum Gasteiger partial charge on any atom is 0.325 e. The van der Waals surface area contributed by atoms with Crippen LogP contribution in [-0.2, 0) is 4.79 Å². The van der Waals surface area contributed by atoms with E-state index in [9.17, 15) is 9.59 Å². The van der Waals surface area contributed by atoms with E-state index in [1.807, 2.05) is 24.3 Å². The molecule has 1 heterocycles. The largest absolute Gasteiger partial charge is 0.368 e. The van der Waals surface area contributed by atoms with Crippen LogP contribution in [-0.4, -0.2) is 36.5 Å². The Kier molecular flexibility index (Phi) is 3.74. The van der Waals surface area contributed by atoms with E-state index in [2.05, 4.69) is 13.8 Å². The summed E-state index contributed by atoms with van der Waals surface area (Å²) in [6.45, 7) is 5.37. The first-order chi connectivity index (χ1) is 8.99. The minimum atomic E-state index is -0.481. The number of amides is 3. The minimum absolute atomic E-state index is 0.0145. The Balaban J connectivity index is 2.11. The molecule has 3 amide bonds. The topological polar surface area (TPSA) is 66.6 Å². The normalized spacial score (nSPS) is 15.4. The Bertz CT molecular complexity index is 482. The smallest absolute Gasteiger partial charge is 0.325 e. The van der Waals surface area contributed by atoms with Crippen molar-refractivity contribution >= 4 is 17.6 Å². The summed E-state index contributed by atoms with van der Waals surface area (Å²) < 4.78 is 0. The fourth-order valence-corrected chi connectivity index (χ4v) is 2.20. The molecule has 0 aliphatic carbocycles. The van der Waals surface area contributed by atoms with Crippen molar-refractivity contribution in [1.29, 1.82) is 0 Å². The monoisotopic (exact) mass is 261 g/mol. The van der Waals surface area contributed by atoms with Crippen LogP contribution in [0, 0.1) is 0 Å². The third-order valence-corrected chi connectivity index (χ3v) is 3.31. The molecule has 0 radical (unpaired) electrons. The molecule has 1 aromatic rings. The highest BCUT2D eigenvalue weighted by atomic mass is 16.2. The van der Waals surface area contributed by atoms with Crippen molar-refractivity contribution in [3.8, 4) is 0 Å². The molecule has 1 fully saturated rings. The van der Waals surface area contributed by atoms with Gasteiger partial charge in [0.1, 0.15) is 6.54 Å². The number of hydrogen-bond donors (Lipinski definition) is 1. The van der Waals surface area contributed by atoms with Gasteiger partial charge in [0.05, 0.1) is 0 Å². The number of urea groups is 1. The molecule has 0 saturated carbocycles. The molecule has 2 rings (SSSR count). The van der Waals surface area contributed by atoms with Gasteiger partial charge in [-0.3, -0.25) is 9.69 Å². The first kappa shape index (κ1) is 13.4. The molecule has 102 valence electrons. The molecule has 0 aromatic heterocycles. The quantitative estimate of drug-likeness (QED) is 0.893. The van der Waals surface area contributed by atoms with E-state index in [4.69, 9.17) is 5.73 Å². The summed E-state index contributed by atoms with van der Waals surface area (Å²) in [5.41, 5.74) is 7.22. The second-order valence-corrected chi connectivity index (χ2v) is 5.07. The maximum absolute atomic E-state index is 12.1. The van der Waals surface area contributed by atoms with Crippen molar-refractivity contribution in [2.75, 3.05) is 24.5 Å². The van der Waals surface area contributed by atoms with E-state index in [1.54, 1.807) is 4.90 Å². The van der Waals surface area contributed by atoms with E-state index in [0.717, 1.165) is 5.69 Å². The zero-order chi connectivity index (χ0) is 14.0. The van der Waals surface area contributed by atoms with E-state index >= 15 is 0 Å². The fourth-order valence-electron chi connectivity index (χ4n) is 2.20. The number of carbonyl (C=O) groups is 2. The van der Waals surface area contributed by atoms with Crippen LogP contribution in [0.1, 0.15) is 25.3 Å². The highest BCUT2D eigenvalue weighted by Gasteiger charge is 2.30. The fraction of sp³-hybridized carbons (Fsp3) is 0.429. The standard InChI is InChI=1S/C14H19N3O2/c1-10(2)11-3-5-12(6-4-11)17-8-7-16(14(17)19)9-13(15)18/h3-6,10H,7-9H2,1-2H3,(H2,15,18). The molecule has 1 aromatic carbocycles. The lowest BCUT2D eigenvalue weighted by Crippen LogP contribution is -2.37. The Morgan fingerprint density at radius 3 is 2.42 bits per heavy atom. The van der Waals surface area contributed by atoms with Gasteiger partial charge in [0.15, 0.2) is 0 Å². The van der Waals surface area contributed by atoms with Crippen LogP contribution >= 0.6 is 0 Å². The number of nitrogens with two attached hydrogens (primary N) is 1. The molecule has 0 unspecified atom stereocenters. The van der Waals surface area contributed by atoms with Crippen LogP contribution < -0.4 is 10.6 Å². The lowest BCUT2D eigenvalue weighted by atomic mass is 10.0. The van der Waals surface area contributed by atoms with Crippen molar-refractivity contribution < 1.29 is 9.59 Å². The number of benzene rings is 1. The Hall–Kier alpha value is -2.04. The third-order valence-electron chi connectivity index (χ3n) is 3.31. The molecule has 1 saturated heterocycles. The molecule has 0 spiro atoms. The van der Waals surface area contributed by atoms with E-state index in [1.165, 1.54) is 10.5 Å². The Labute approximate surface area is 113 Å². The first-order valence-electron chi connectivity index (χ1n) is 6.43. The molecule has 2 N–H and O–H groups in total. The number of anilines is 1. The molecular weight excluding hydrogens is 242 g/mol. The summed E-state index contributed by atoms with van der Waals surface area (Å²) in [6.07, 6.45) is 0. The summed E-state index contributed by atoms with van der Waals surface area (Å²) >= 11 is 0. The van der Waals surface area contributed by atoms with Gasteiger partial charge in [-0.15, -0.1) is 0 Å². The molecule has 5 nitrogen and oxygen atoms in total. The van der Waals surface area contributed by atoms with Crippen molar-refractivity contribution in [3.05, 3.63) is 29.8 Å². The summed E-state index contributed by atoms with van der Waals surface area (Å²) in [5, 5.41) is 0. The highest BCUT2D eigenvalue weighted by Crippen LogP contribution is 2.23. The maximum atomic E-state index is 12.1. The predicted octanol–water partition coefficient (Wildman–Crippen LogP) is 1.54. The number of nitrogens with zero attached hydrogens (tertiary/aromatic N) is 2. The van der Waals surface area contributed by atoms with Gasteiger partial charge in [0.25, 0.3) is 0 Å². The van der Waals surface area contributed by atoms with Crippen LogP contribution in [0.5, 0.6) is 0 Å². The van der Waals surface area contributed by atoms with E-state index < -0.39 is 5.91 Å². The van der Waals surface area contributed by atoms with E-state index in [0.29, 0.717) is 19.0 Å². The predicted molar refractivity (Wildman–Crippen MR) is 74.0 cm³/mol. The van der Waals surface area contributed by atoms with Gasteiger partial charge in [-0.25, -0.2) is 4.79 Å². The van der Waals surface area contributed by atoms with Crippen LogP contribution in [0.2, 0.25) is 0 Å². The van der Waals surface area contributed by atoms with Gasteiger partial charge in [-0.05, 0) is 23.6 Å². The van der Waals surface area contributed by atoms with Crippen LogP contribution in [0.15, 0.2) is 24.3 Å². The van der Waals surface area contributed by atoms with Crippen molar-refractivity contribution in [3.63, 3.8) is 0 Å². The molecule has 0 atom stereocenters. The third kappa shape index (κ3) is 2.86. The molecule has 19 heavy (non-hydrogen) atoms. The molecule has 1 aliphatic rings. The Morgan fingerprint density at radius 1 is 1.26 bits per heavy atom. The molecule has 0 bridgehead atoms. The Morgan fingerprint density at radius 2 is 1.89 bits per heavy atom. The van der Waals surface area contributed by atoms with Gasteiger partial charge in [0.2, 0.25) is 5.91 Å². The second kappa shape index (κ2) is 5.30. The summed E-state index contributed by atoms with van der Waals surface area (Å²) in [4.78, 5) is 26.1. The van der Waals surface area contributed by atoms with Crippen molar-refractivity contribution in [2.45, 2.75) is 19.8 Å². The zero-order valence-electron chi connectivity index (χ0n) is 11.3. The summed E-state index contributed by atoms with van der Waals surface area (Å²) in [5.74, 6) is -0.0138. The summed E-state index contributed by atoms with van der Waals surface area (Å²) in [6, 6.07) is 7.80. The molecule has 5 heteroatoms. The van der Waals surface area contributed by atoms with Gasteiger partial charge >= 0.3 is 6.03 Å². The second-order valence-electron chi connectivity index (χ2n) is 5.07. The van der Waals surface area contributed by atoms with E-state index in [-0.39, 0.29) is 12.6 Å².